The second kappa shape index (κ2) is 9.18. The van der Waals surface area contributed by atoms with Crippen LogP contribution in [0.2, 0.25) is 0 Å². The van der Waals surface area contributed by atoms with Crippen LogP contribution < -0.4 is 21.5 Å². The van der Waals surface area contributed by atoms with E-state index in [1.807, 2.05) is 18.2 Å². The molecule has 1 aromatic carbocycles. The van der Waals surface area contributed by atoms with Gasteiger partial charge in [0, 0.05) is 11.7 Å². The van der Waals surface area contributed by atoms with Crippen molar-refractivity contribution in [1.82, 2.24) is 16.2 Å². The van der Waals surface area contributed by atoms with Gasteiger partial charge >= 0.3 is 0 Å². The van der Waals surface area contributed by atoms with Gasteiger partial charge < -0.3 is 10.6 Å². The van der Waals surface area contributed by atoms with E-state index in [0.717, 1.165) is 18.0 Å². The number of hydrogen-bond donors (Lipinski definition) is 4. The monoisotopic (exact) mass is 364 g/mol. The lowest BCUT2D eigenvalue weighted by Crippen LogP contribution is -2.53. The van der Waals surface area contributed by atoms with E-state index in [2.05, 4.69) is 48.3 Å². The van der Waals surface area contributed by atoms with E-state index in [-0.39, 0.29) is 0 Å². The molecule has 1 fully saturated rings. The van der Waals surface area contributed by atoms with Gasteiger partial charge in [0.15, 0.2) is 10.2 Å². The molecule has 6 heteroatoms. The first-order valence-electron chi connectivity index (χ1n) is 8.72. The summed E-state index contributed by atoms with van der Waals surface area (Å²) in [4.78, 5) is 0. The van der Waals surface area contributed by atoms with Crippen LogP contribution in [-0.2, 0) is 6.42 Å². The number of rotatable bonds is 3. The maximum atomic E-state index is 5.39. The lowest BCUT2D eigenvalue weighted by Gasteiger charge is -2.35. The Kier molecular flexibility index (Phi) is 7.24. The second-order valence-electron chi connectivity index (χ2n) is 6.56. The molecule has 0 aromatic heterocycles. The summed E-state index contributed by atoms with van der Waals surface area (Å²) < 4.78 is 0. The van der Waals surface area contributed by atoms with Gasteiger partial charge in [0.05, 0.1) is 0 Å². The fourth-order valence-electron chi connectivity index (χ4n) is 3.21. The molecule has 0 radical (unpaired) electrons. The molecule has 0 heterocycles. The van der Waals surface area contributed by atoms with E-state index < -0.39 is 0 Å². The van der Waals surface area contributed by atoms with Gasteiger partial charge in [-0.3, -0.25) is 10.9 Å². The molecule has 0 unspecified atom stereocenters. The highest BCUT2D eigenvalue weighted by Crippen LogP contribution is 2.29. The van der Waals surface area contributed by atoms with E-state index in [9.17, 15) is 0 Å². The highest BCUT2D eigenvalue weighted by atomic mass is 32.1. The molecular formula is C18H28N4S2. The molecule has 1 saturated carbocycles. The predicted molar refractivity (Wildman–Crippen MR) is 110 cm³/mol. The summed E-state index contributed by atoms with van der Waals surface area (Å²) in [6, 6.07) is 8.57. The maximum Gasteiger partial charge on any atom is 0.189 e. The van der Waals surface area contributed by atoms with Gasteiger partial charge in [-0.05, 0) is 60.7 Å². The van der Waals surface area contributed by atoms with Crippen molar-refractivity contribution < 1.29 is 0 Å². The number of aryl methyl sites for hydroxylation is 1. The fourth-order valence-corrected chi connectivity index (χ4v) is 3.57. The lowest BCUT2D eigenvalue weighted by molar-refractivity contribution is 0.224. The number of hydrogen-bond acceptors (Lipinski definition) is 2. The molecule has 0 spiro atoms. The Hall–Kier alpha value is -1.40. The number of nitrogens with one attached hydrogen (secondary N) is 4. The van der Waals surface area contributed by atoms with Crippen molar-refractivity contribution in [2.24, 2.45) is 11.8 Å². The largest absolute Gasteiger partial charge is 0.358 e. The van der Waals surface area contributed by atoms with Gasteiger partial charge in [-0.2, -0.15) is 0 Å². The van der Waals surface area contributed by atoms with Crippen LogP contribution in [-0.4, -0.2) is 16.3 Å². The normalized spacial score (nSPS) is 23.2. The van der Waals surface area contributed by atoms with Gasteiger partial charge in [0.1, 0.15) is 0 Å². The van der Waals surface area contributed by atoms with Crippen LogP contribution >= 0.6 is 24.4 Å². The first-order valence-corrected chi connectivity index (χ1v) is 9.54. The van der Waals surface area contributed by atoms with Gasteiger partial charge in [0.2, 0.25) is 0 Å². The van der Waals surface area contributed by atoms with Crippen molar-refractivity contribution in [3.05, 3.63) is 29.8 Å². The number of anilines is 1. The number of para-hydroxylation sites is 1. The highest BCUT2D eigenvalue weighted by Gasteiger charge is 2.27. The standard InChI is InChI=1S/C18H28N4S2/c1-4-14-9-5-6-10-16(14)20-18(24)22-21-17(23)19-15-11-7-8-12(2)13(15)3/h5-6,9-10,12-13,15H,4,7-8,11H2,1-3H3,(H2,19,21,23)(H2,20,22,24)/t12-,13+,15-/m1/s1. The van der Waals surface area contributed by atoms with Crippen LogP contribution in [0.4, 0.5) is 5.69 Å². The summed E-state index contributed by atoms with van der Waals surface area (Å²) in [5, 5.41) is 7.71. The number of hydrazine groups is 1. The van der Waals surface area contributed by atoms with Crippen LogP contribution in [0, 0.1) is 11.8 Å². The maximum absolute atomic E-state index is 5.39. The Morgan fingerprint density at radius 3 is 2.54 bits per heavy atom. The van der Waals surface area contributed by atoms with E-state index in [1.54, 1.807) is 0 Å². The fraction of sp³-hybridized carbons (Fsp3) is 0.556. The van der Waals surface area contributed by atoms with Gasteiger partial charge in [-0.1, -0.05) is 51.8 Å². The molecule has 24 heavy (non-hydrogen) atoms. The molecule has 0 aliphatic heterocycles. The minimum Gasteiger partial charge on any atom is -0.358 e. The van der Waals surface area contributed by atoms with Crippen molar-refractivity contribution in [3.8, 4) is 0 Å². The topological polar surface area (TPSA) is 48.1 Å². The summed E-state index contributed by atoms with van der Waals surface area (Å²) >= 11 is 10.7. The van der Waals surface area contributed by atoms with Crippen LogP contribution in [0.1, 0.15) is 45.6 Å². The third-order valence-electron chi connectivity index (χ3n) is 4.96. The third kappa shape index (κ3) is 5.31. The van der Waals surface area contributed by atoms with Crippen molar-refractivity contribution in [3.63, 3.8) is 0 Å². The molecule has 1 aliphatic carbocycles. The van der Waals surface area contributed by atoms with E-state index in [4.69, 9.17) is 24.4 Å². The van der Waals surface area contributed by atoms with Crippen LogP contribution in [0.3, 0.4) is 0 Å². The molecule has 0 saturated heterocycles. The Morgan fingerprint density at radius 1 is 1.08 bits per heavy atom. The van der Waals surface area contributed by atoms with E-state index in [1.165, 1.54) is 24.8 Å². The zero-order chi connectivity index (χ0) is 17.5. The van der Waals surface area contributed by atoms with Crippen LogP contribution in [0.5, 0.6) is 0 Å². The Bertz CT molecular complexity index is 576. The van der Waals surface area contributed by atoms with Crippen molar-refractivity contribution >= 4 is 40.3 Å². The average Bonchev–Trinajstić information content (AvgIpc) is 2.58. The molecular weight excluding hydrogens is 336 g/mol. The summed E-state index contributed by atoms with van der Waals surface area (Å²) in [6.07, 6.45) is 4.69. The van der Waals surface area contributed by atoms with Gasteiger partial charge in [-0.15, -0.1) is 0 Å². The van der Waals surface area contributed by atoms with Gasteiger partial charge in [0.25, 0.3) is 0 Å². The van der Waals surface area contributed by atoms with Crippen molar-refractivity contribution in [2.45, 2.75) is 52.5 Å². The summed E-state index contributed by atoms with van der Waals surface area (Å²) in [5.41, 5.74) is 8.20. The SMILES string of the molecule is CCc1ccccc1NC(=S)NNC(=S)N[C@@H]1CCC[C@@H](C)[C@@H]1C. The zero-order valence-corrected chi connectivity index (χ0v) is 16.3. The van der Waals surface area contributed by atoms with Crippen LogP contribution in [0.15, 0.2) is 24.3 Å². The first-order chi connectivity index (χ1) is 11.5. The van der Waals surface area contributed by atoms with Crippen LogP contribution in [0.25, 0.3) is 0 Å². The molecule has 4 nitrogen and oxygen atoms in total. The van der Waals surface area contributed by atoms with E-state index in [0.29, 0.717) is 22.2 Å². The quantitative estimate of drug-likeness (QED) is 0.484. The highest BCUT2D eigenvalue weighted by molar-refractivity contribution is 7.80. The number of benzene rings is 1. The molecule has 4 N–H and O–H groups in total. The van der Waals surface area contributed by atoms with E-state index >= 15 is 0 Å². The third-order valence-corrected chi connectivity index (χ3v) is 5.38. The molecule has 0 amide bonds. The molecule has 1 aromatic rings. The zero-order valence-electron chi connectivity index (χ0n) is 14.7. The summed E-state index contributed by atoms with van der Waals surface area (Å²) in [6.45, 7) is 6.74. The second-order valence-corrected chi connectivity index (χ2v) is 7.38. The molecule has 2 rings (SSSR count). The molecule has 132 valence electrons. The molecule has 1 aliphatic rings. The number of thiocarbonyl (C=S) groups is 2. The first kappa shape index (κ1) is 18.9. The predicted octanol–water partition coefficient (Wildman–Crippen LogP) is 3.74. The van der Waals surface area contributed by atoms with Crippen molar-refractivity contribution in [1.29, 1.82) is 0 Å². The minimum absolute atomic E-state index is 0.429. The Morgan fingerprint density at radius 2 is 1.79 bits per heavy atom. The van der Waals surface area contributed by atoms with Gasteiger partial charge in [-0.25, -0.2) is 0 Å². The van der Waals surface area contributed by atoms with Crippen molar-refractivity contribution in [2.75, 3.05) is 5.32 Å². The molecule has 3 atom stereocenters. The Balaban J connectivity index is 1.78. The molecule has 0 bridgehead atoms. The lowest BCUT2D eigenvalue weighted by atomic mass is 9.78. The minimum atomic E-state index is 0.429. The summed E-state index contributed by atoms with van der Waals surface area (Å²) in [7, 11) is 0. The average molecular weight is 365 g/mol. The Labute approximate surface area is 156 Å². The summed E-state index contributed by atoms with van der Waals surface area (Å²) in [5.74, 6) is 1.36. The smallest absolute Gasteiger partial charge is 0.189 e.